The van der Waals surface area contributed by atoms with E-state index >= 15 is 0 Å². The first-order valence-corrected chi connectivity index (χ1v) is 6.51. The summed E-state index contributed by atoms with van der Waals surface area (Å²) in [7, 11) is 0. The van der Waals surface area contributed by atoms with Crippen LogP contribution in [0.5, 0.6) is 0 Å². The van der Waals surface area contributed by atoms with Gasteiger partial charge in [-0.1, -0.05) is 19.3 Å². The number of halogens is 2. The van der Waals surface area contributed by atoms with Crippen molar-refractivity contribution in [2.75, 3.05) is 0 Å². The second kappa shape index (κ2) is 4.90. The van der Waals surface area contributed by atoms with E-state index < -0.39 is 22.7 Å². The van der Waals surface area contributed by atoms with Crippen LogP contribution in [-0.2, 0) is 5.60 Å². The van der Waals surface area contributed by atoms with Gasteiger partial charge in [-0.2, -0.15) is 5.26 Å². The molecule has 1 aromatic rings. The zero-order valence-corrected chi connectivity index (χ0v) is 10.9. The Labute approximate surface area is 111 Å². The van der Waals surface area contributed by atoms with Crippen molar-refractivity contribution in [2.24, 2.45) is 5.41 Å². The third-order valence-electron chi connectivity index (χ3n) is 4.28. The average molecular weight is 265 g/mol. The SMILES string of the molecule is CC(O)(c1cc(F)cc(F)c1)C1(C#N)CCCCC1. The van der Waals surface area contributed by atoms with Gasteiger partial charge < -0.3 is 5.11 Å². The molecule has 1 fully saturated rings. The highest BCUT2D eigenvalue weighted by atomic mass is 19.1. The molecule has 102 valence electrons. The summed E-state index contributed by atoms with van der Waals surface area (Å²) in [5.74, 6) is -1.47. The minimum absolute atomic E-state index is 0.133. The Morgan fingerprint density at radius 1 is 1.16 bits per heavy atom. The van der Waals surface area contributed by atoms with E-state index in [2.05, 4.69) is 6.07 Å². The fourth-order valence-electron chi connectivity index (χ4n) is 2.97. The largest absolute Gasteiger partial charge is 0.384 e. The predicted octanol–water partition coefficient (Wildman–Crippen LogP) is 3.65. The quantitative estimate of drug-likeness (QED) is 0.887. The number of benzene rings is 1. The van der Waals surface area contributed by atoms with Gasteiger partial charge in [0.1, 0.15) is 17.2 Å². The standard InChI is InChI=1S/C15H17F2NO/c1-14(19,11-7-12(16)9-13(17)8-11)15(10-18)5-3-2-4-6-15/h7-9,19H,2-6H2,1H3. The highest BCUT2D eigenvalue weighted by molar-refractivity contribution is 5.29. The number of nitriles is 1. The van der Waals surface area contributed by atoms with Crippen molar-refractivity contribution < 1.29 is 13.9 Å². The second-order valence-electron chi connectivity index (χ2n) is 5.48. The molecule has 2 nitrogen and oxygen atoms in total. The molecule has 0 radical (unpaired) electrons. The first-order chi connectivity index (χ1) is 8.91. The lowest BCUT2D eigenvalue weighted by Gasteiger charge is -2.43. The first kappa shape index (κ1) is 14.0. The fraction of sp³-hybridized carbons (Fsp3) is 0.533. The molecule has 4 heteroatoms. The minimum atomic E-state index is -1.55. The lowest BCUT2D eigenvalue weighted by Crippen LogP contribution is -2.44. The zero-order chi connectivity index (χ0) is 14.1. The number of aliphatic hydroxyl groups is 1. The number of rotatable bonds is 2. The van der Waals surface area contributed by atoms with Crippen LogP contribution < -0.4 is 0 Å². The molecule has 1 aliphatic carbocycles. The monoisotopic (exact) mass is 265 g/mol. The maximum Gasteiger partial charge on any atom is 0.126 e. The lowest BCUT2D eigenvalue weighted by atomic mass is 9.62. The van der Waals surface area contributed by atoms with Gasteiger partial charge in [0.25, 0.3) is 0 Å². The molecule has 0 heterocycles. The molecule has 2 rings (SSSR count). The van der Waals surface area contributed by atoms with Gasteiger partial charge in [0, 0.05) is 6.07 Å². The summed E-state index contributed by atoms with van der Waals surface area (Å²) in [5.41, 5.74) is -2.38. The highest BCUT2D eigenvalue weighted by Crippen LogP contribution is 2.49. The maximum absolute atomic E-state index is 13.3. The van der Waals surface area contributed by atoms with E-state index in [0.29, 0.717) is 12.8 Å². The van der Waals surface area contributed by atoms with E-state index in [0.717, 1.165) is 37.5 Å². The van der Waals surface area contributed by atoms with E-state index in [1.807, 2.05) is 0 Å². The Bertz CT molecular complexity index is 493. The Hall–Kier alpha value is -1.47. The molecular formula is C15H17F2NO. The van der Waals surface area contributed by atoms with Crippen LogP contribution in [0.25, 0.3) is 0 Å². The lowest BCUT2D eigenvalue weighted by molar-refractivity contribution is -0.0638. The van der Waals surface area contributed by atoms with Crippen molar-refractivity contribution >= 4 is 0 Å². The normalized spacial score (nSPS) is 21.4. The molecule has 0 aromatic heterocycles. The van der Waals surface area contributed by atoms with Crippen molar-refractivity contribution in [1.29, 1.82) is 5.26 Å². The van der Waals surface area contributed by atoms with E-state index in [-0.39, 0.29) is 5.56 Å². The van der Waals surface area contributed by atoms with Gasteiger partial charge in [-0.3, -0.25) is 0 Å². The van der Waals surface area contributed by atoms with Crippen LogP contribution in [0.4, 0.5) is 8.78 Å². The van der Waals surface area contributed by atoms with Gasteiger partial charge in [-0.15, -0.1) is 0 Å². The fourth-order valence-corrected chi connectivity index (χ4v) is 2.97. The van der Waals surface area contributed by atoms with E-state index in [1.165, 1.54) is 6.92 Å². The molecule has 1 saturated carbocycles. The van der Waals surface area contributed by atoms with Crippen molar-refractivity contribution in [3.8, 4) is 6.07 Å². The summed E-state index contributed by atoms with van der Waals surface area (Å²) in [6.07, 6.45) is 3.82. The van der Waals surface area contributed by atoms with Gasteiger partial charge in [-0.25, -0.2) is 8.78 Å². The number of hydrogen-bond acceptors (Lipinski definition) is 2. The molecule has 0 amide bonds. The predicted molar refractivity (Wildman–Crippen MR) is 67.1 cm³/mol. The zero-order valence-electron chi connectivity index (χ0n) is 10.9. The molecular weight excluding hydrogens is 248 g/mol. The van der Waals surface area contributed by atoms with Gasteiger partial charge in [0.05, 0.1) is 11.5 Å². The van der Waals surface area contributed by atoms with Crippen LogP contribution in [0, 0.1) is 28.4 Å². The third kappa shape index (κ3) is 2.35. The van der Waals surface area contributed by atoms with E-state index in [4.69, 9.17) is 0 Å². The molecule has 0 spiro atoms. The van der Waals surface area contributed by atoms with E-state index in [1.54, 1.807) is 0 Å². The van der Waals surface area contributed by atoms with Gasteiger partial charge in [0.2, 0.25) is 0 Å². The highest BCUT2D eigenvalue weighted by Gasteiger charge is 2.49. The van der Waals surface area contributed by atoms with Crippen LogP contribution in [0.3, 0.4) is 0 Å². The van der Waals surface area contributed by atoms with Crippen molar-refractivity contribution in [1.82, 2.24) is 0 Å². The summed E-state index contributed by atoms with van der Waals surface area (Å²) >= 11 is 0. The second-order valence-corrected chi connectivity index (χ2v) is 5.48. The van der Waals surface area contributed by atoms with Gasteiger partial charge >= 0.3 is 0 Å². The Kier molecular flexibility index (Phi) is 3.60. The van der Waals surface area contributed by atoms with Crippen molar-refractivity contribution in [3.63, 3.8) is 0 Å². The first-order valence-electron chi connectivity index (χ1n) is 6.51. The third-order valence-corrected chi connectivity index (χ3v) is 4.28. The van der Waals surface area contributed by atoms with Crippen molar-refractivity contribution in [3.05, 3.63) is 35.4 Å². The summed E-state index contributed by atoms with van der Waals surface area (Å²) < 4.78 is 26.6. The molecule has 1 unspecified atom stereocenters. The van der Waals surface area contributed by atoms with Crippen LogP contribution in [0.2, 0.25) is 0 Å². The molecule has 0 saturated heterocycles. The molecule has 1 aromatic carbocycles. The van der Waals surface area contributed by atoms with Crippen LogP contribution in [-0.4, -0.2) is 5.11 Å². The van der Waals surface area contributed by atoms with Gasteiger partial charge in [-0.05, 0) is 37.5 Å². The molecule has 1 atom stereocenters. The molecule has 0 bridgehead atoms. The summed E-state index contributed by atoms with van der Waals surface area (Å²) in [4.78, 5) is 0. The summed E-state index contributed by atoms with van der Waals surface area (Å²) in [5, 5.41) is 20.2. The molecule has 1 aliphatic rings. The number of hydrogen-bond donors (Lipinski definition) is 1. The molecule has 19 heavy (non-hydrogen) atoms. The Morgan fingerprint density at radius 3 is 2.16 bits per heavy atom. The van der Waals surface area contributed by atoms with Crippen LogP contribution in [0.15, 0.2) is 18.2 Å². The maximum atomic E-state index is 13.3. The Morgan fingerprint density at radius 2 is 1.68 bits per heavy atom. The summed E-state index contributed by atoms with van der Waals surface area (Å²) in [6, 6.07) is 5.18. The van der Waals surface area contributed by atoms with E-state index in [9.17, 15) is 19.1 Å². The average Bonchev–Trinajstić information content (AvgIpc) is 2.38. The van der Waals surface area contributed by atoms with Crippen LogP contribution in [0.1, 0.15) is 44.6 Å². The van der Waals surface area contributed by atoms with Crippen LogP contribution >= 0.6 is 0 Å². The number of nitrogens with zero attached hydrogens (tertiary/aromatic N) is 1. The molecule has 0 aliphatic heterocycles. The molecule has 1 N–H and O–H groups in total. The topological polar surface area (TPSA) is 44.0 Å². The summed E-state index contributed by atoms with van der Waals surface area (Å²) in [6.45, 7) is 1.48. The van der Waals surface area contributed by atoms with Gasteiger partial charge in [0.15, 0.2) is 0 Å². The Balaban J connectivity index is 2.47. The van der Waals surface area contributed by atoms with Crippen molar-refractivity contribution in [2.45, 2.75) is 44.6 Å². The smallest absolute Gasteiger partial charge is 0.126 e. The minimum Gasteiger partial charge on any atom is -0.384 e.